The Labute approximate surface area is 162 Å². The molecule has 1 aliphatic rings. The highest BCUT2D eigenvalue weighted by atomic mass is 16.5. The van der Waals surface area contributed by atoms with E-state index >= 15 is 0 Å². The molecule has 0 aromatic heterocycles. The van der Waals surface area contributed by atoms with Gasteiger partial charge >= 0.3 is 0 Å². The van der Waals surface area contributed by atoms with Crippen LogP contribution in [0, 0.1) is 0 Å². The number of nitrogens with one attached hydrogen (secondary N) is 1. The molecule has 1 unspecified atom stereocenters. The maximum Gasteiger partial charge on any atom is 0.127 e. The van der Waals surface area contributed by atoms with E-state index in [2.05, 4.69) is 28.4 Å². The lowest BCUT2D eigenvalue weighted by Crippen LogP contribution is -2.34. The van der Waals surface area contributed by atoms with Gasteiger partial charge in [0.25, 0.3) is 0 Å². The molecule has 146 valence electrons. The third-order valence-corrected chi connectivity index (χ3v) is 5.23. The van der Waals surface area contributed by atoms with Crippen LogP contribution in [0.5, 0.6) is 17.2 Å². The molecule has 27 heavy (non-hydrogen) atoms. The van der Waals surface area contributed by atoms with Gasteiger partial charge in [0.2, 0.25) is 0 Å². The topological polar surface area (TPSA) is 43.0 Å². The summed E-state index contributed by atoms with van der Waals surface area (Å²) >= 11 is 0. The average Bonchev–Trinajstić information content (AvgIpc) is 3.26. The molecule has 2 aromatic carbocycles. The van der Waals surface area contributed by atoms with Gasteiger partial charge in [-0.05, 0) is 49.7 Å². The molecule has 5 heteroatoms. The Morgan fingerprint density at radius 2 is 1.56 bits per heavy atom. The molecule has 0 spiro atoms. The number of methoxy groups -OCH3 is 3. The van der Waals surface area contributed by atoms with Gasteiger partial charge < -0.3 is 19.5 Å². The molecule has 0 saturated carbocycles. The minimum atomic E-state index is 0.364. The third-order valence-electron chi connectivity index (χ3n) is 5.23. The van der Waals surface area contributed by atoms with Gasteiger partial charge in [0.05, 0.1) is 21.3 Å². The second-order valence-electron chi connectivity index (χ2n) is 6.84. The first-order valence-electron chi connectivity index (χ1n) is 9.54. The Morgan fingerprint density at radius 3 is 2.19 bits per heavy atom. The molecular formula is C22H30N2O3. The smallest absolute Gasteiger partial charge is 0.127 e. The van der Waals surface area contributed by atoms with Crippen LogP contribution in [0.3, 0.4) is 0 Å². The molecule has 1 saturated heterocycles. The maximum atomic E-state index is 5.51. The van der Waals surface area contributed by atoms with Crippen molar-refractivity contribution in [1.29, 1.82) is 0 Å². The van der Waals surface area contributed by atoms with Crippen molar-refractivity contribution in [3.05, 3.63) is 53.6 Å². The summed E-state index contributed by atoms with van der Waals surface area (Å²) in [7, 11) is 5.07. The fourth-order valence-electron chi connectivity index (χ4n) is 3.68. The molecule has 1 N–H and O–H groups in total. The van der Waals surface area contributed by atoms with Crippen LogP contribution in [0.25, 0.3) is 0 Å². The fraction of sp³-hybridized carbons (Fsp3) is 0.455. The number of nitrogens with zero attached hydrogens (tertiary/aromatic N) is 1. The van der Waals surface area contributed by atoms with E-state index in [1.807, 2.05) is 24.3 Å². The predicted octanol–water partition coefficient (Wildman–Crippen LogP) is 3.64. The Balaban J connectivity index is 1.67. The quantitative estimate of drug-likeness (QED) is 0.730. The molecule has 1 atom stereocenters. The molecule has 0 radical (unpaired) electrons. The van der Waals surface area contributed by atoms with E-state index in [-0.39, 0.29) is 0 Å². The lowest BCUT2D eigenvalue weighted by atomic mass is 10.0. The number of likely N-dealkylation sites (tertiary alicyclic amines) is 1. The molecule has 1 fully saturated rings. The van der Waals surface area contributed by atoms with Gasteiger partial charge in [0, 0.05) is 30.8 Å². The molecule has 1 aliphatic heterocycles. The van der Waals surface area contributed by atoms with E-state index in [9.17, 15) is 0 Å². The molecule has 0 aliphatic carbocycles. The second kappa shape index (κ2) is 9.62. The van der Waals surface area contributed by atoms with Crippen molar-refractivity contribution in [1.82, 2.24) is 10.2 Å². The maximum absolute atomic E-state index is 5.51. The Bertz CT molecular complexity index is 712. The third kappa shape index (κ3) is 4.93. The van der Waals surface area contributed by atoms with Crippen molar-refractivity contribution in [3.63, 3.8) is 0 Å². The van der Waals surface area contributed by atoms with Crippen LogP contribution in [0.2, 0.25) is 0 Å². The second-order valence-corrected chi connectivity index (χ2v) is 6.84. The van der Waals surface area contributed by atoms with Gasteiger partial charge in [-0.3, -0.25) is 4.90 Å². The average molecular weight is 370 g/mol. The highest BCUT2D eigenvalue weighted by Crippen LogP contribution is 2.27. The fourth-order valence-corrected chi connectivity index (χ4v) is 3.68. The van der Waals surface area contributed by atoms with Gasteiger partial charge in [0.1, 0.15) is 17.2 Å². The minimum Gasteiger partial charge on any atom is -0.497 e. The summed E-state index contributed by atoms with van der Waals surface area (Å²) in [5, 5.41) is 3.62. The van der Waals surface area contributed by atoms with Gasteiger partial charge in [-0.1, -0.05) is 18.2 Å². The van der Waals surface area contributed by atoms with Crippen LogP contribution < -0.4 is 19.5 Å². The number of ether oxygens (including phenoxy) is 3. The number of hydrogen-bond donors (Lipinski definition) is 1. The highest BCUT2D eigenvalue weighted by molar-refractivity contribution is 5.40. The SMILES string of the molecule is COc1ccc(C(CNCc2ccc(OC)cc2OC)N2CCCC2)cc1. The molecule has 0 bridgehead atoms. The monoisotopic (exact) mass is 370 g/mol. The highest BCUT2D eigenvalue weighted by Gasteiger charge is 2.23. The lowest BCUT2D eigenvalue weighted by molar-refractivity contribution is 0.238. The van der Waals surface area contributed by atoms with Crippen molar-refractivity contribution in [2.45, 2.75) is 25.4 Å². The first-order valence-corrected chi connectivity index (χ1v) is 9.54. The van der Waals surface area contributed by atoms with E-state index in [0.717, 1.165) is 49.0 Å². The standard InChI is InChI=1S/C22H30N2O3/c1-25-19-9-6-17(7-10-19)21(24-12-4-5-13-24)16-23-15-18-8-11-20(26-2)14-22(18)27-3/h6-11,14,21,23H,4-5,12-13,15-16H2,1-3H3. The molecule has 3 rings (SSSR count). The van der Waals surface area contributed by atoms with Crippen LogP contribution in [0.15, 0.2) is 42.5 Å². The molecule has 0 amide bonds. The molecular weight excluding hydrogens is 340 g/mol. The zero-order valence-corrected chi connectivity index (χ0v) is 16.5. The Hall–Kier alpha value is -2.24. The number of rotatable bonds is 9. The first kappa shape index (κ1) is 19.5. The molecule has 2 aromatic rings. The van der Waals surface area contributed by atoms with Gasteiger partial charge in [0.15, 0.2) is 0 Å². The van der Waals surface area contributed by atoms with E-state index in [1.54, 1.807) is 21.3 Å². The Morgan fingerprint density at radius 1 is 0.889 bits per heavy atom. The Kier molecular flexibility index (Phi) is 6.96. The number of hydrogen-bond acceptors (Lipinski definition) is 5. The van der Waals surface area contributed by atoms with Crippen molar-refractivity contribution in [2.24, 2.45) is 0 Å². The lowest BCUT2D eigenvalue weighted by Gasteiger charge is -2.28. The van der Waals surface area contributed by atoms with E-state index < -0.39 is 0 Å². The van der Waals surface area contributed by atoms with Crippen LogP contribution >= 0.6 is 0 Å². The molecule has 1 heterocycles. The van der Waals surface area contributed by atoms with Crippen LogP contribution in [0.1, 0.15) is 30.0 Å². The van der Waals surface area contributed by atoms with Gasteiger partial charge in [-0.15, -0.1) is 0 Å². The van der Waals surface area contributed by atoms with Gasteiger partial charge in [-0.25, -0.2) is 0 Å². The summed E-state index contributed by atoms with van der Waals surface area (Å²) in [6, 6.07) is 14.8. The normalized spacial score (nSPS) is 15.5. The zero-order valence-electron chi connectivity index (χ0n) is 16.5. The summed E-state index contributed by atoms with van der Waals surface area (Å²) in [5.74, 6) is 2.56. The number of benzene rings is 2. The van der Waals surface area contributed by atoms with Crippen LogP contribution in [-0.2, 0) is 6.54 Å². The minimum absolute atomic E-state index is 0.364. The molecule has 5 nitrogen and oxygen atoms in total. The summed E-state index contributed by atoms with van der Waals surface area (Å²) < 4.78 is 16.1. The van der Waals surface area contributed by atoms with Crippen LogP contribution in [-0.4, -0.2) is 45.9 Å². The summed E-state index contributed by atoms with van der Waals surface area (Å²) in [4.78, 5) is 2.57. The van der Waals surface area contributed by atoms with E-state index in [0.29, 0.717) is 6.04 Å². The van der Waals surface area contributed by atoms with Gasteiger partial charge in [-0.2, -0.15) is 0 Å². The van der Waals surface area contributed by atoms with Crippen molar-refractivity contribution in [2.75, 3.05) is 41.0 Å². The van der Waals surface area contributed by atoms with Crippen LogP contribution in [0.4, 0.5) is 0 Å². The first-order chi connectivity index (χ1) is 13.2. The van der Waals surface area contributed by atoms with Crippen molar-refractivity contribution >= 4 is 0 Å². The van der Waals surface area contributed by atoms with E-state index in [4.69, 9.17) is 14.2 Å². The summed E-state index contributed by atoms with van der Waals surface area (Å²) in [6.07, 6.45) is 2.55. The predicted molar refractivity (Wildman–Crippen MR) is 108 cm³/mol. The van der Waals surface area contributed by atoms with E-state index in [1.165, 1.54) is 18.4 Å². The summed E-state index contributed by atoms with van der Waals surface area (Å²) in [6.45, 7) is 3.96. The summed E-state index contributed by atoms with van der Waals surface area (Å²) in [5.41, 5.74) is 2.46. The van der Waals surface area contributed by atoms with Crippen molar-refractivity contribution in [3.8, 4) is 17.2 Å². The largest absolute Gasteiger partial charge is 0.497 e. The zero-order chi connectivity index (χ0) is 19.1. The van der Waals surface area contributed by atoms with Crippen molar-refractivity contribution < 1.29 is 14.2 Å².